The Morgan fingerprint density at radius 1 is 0.412 bits per heavy atom. The largest absolute Gasteiger partial charge is 0.314 e. The lowest BCUT2D eigenvalue weighted by atomic mass is 10.1. The molecule has 4 aromatic rings. The third kappa shape index (κ3) is 3.14. The van der Waals surface area contributed by atoms with Gasteiger partial charge in [-0.1, -0.05) is 24.3 Å². The number of pyridine rings is 4. The number of hydrogen-bond donors (Lipinski definition) is 0. The van der Waals surface area contributed by atoms with E-state index in [1.54, 1.807) is 0 Å². The molecule has 5 aliphatic rings. The average molecular weight is 449 g/mol. The zero-order chi connectivity index (χ0) is 23.4. The Morgan fingerprint density at radius 3 is 1.18 bits per heavy atom. The summed E-state index contributed by atoms with van der Waals surface area (Å²) in [6.07, 6.45) is 4.18. The summed E-state index contributed by atoms with van der Waals surface area (Å²) in [4.78, 5) is 28.0. The molecule has 8 heteroatoms. The highest BCUT2D eigenvalue weighted by molar-refractivity contribution is 5.84. The number of aromatic nitrogens is 4. The average Bonchev–Trinajstić information content (AvgIpc) is 2.90. The first-order valence-electron chi connectivity index (χ1n) is 11.1. The van der Waals surface area contributed by atoms with Crippen LogP contribution in [0.1, 0.15) is 11.1 Å². The molecule has 5 aliphatic heterocycles. The van der Waals surface area contributed by atoms with Gasteiger partial charge in [0.15, 0.2) is 0 Å². The lowest BCUT2D eigenvalue weighted by Gasteiger charge is -2.26. The standard InChI is InChI=1S/C26H24N8/c1-31-19-7-5-8-20(27-19)32(2)24-16-14-18-12-11-17-13-15-23(31)29-25(17)33(3)21-9-6-10-22(28-21)34(4)26(18)30-24/h5-16H,1-4H3. The van der Waals surface area contributed by atoms with E-state index in [0.717, 1.165) is 57.7 Å². The molecule has 0 spiro atoms. The van der Waals surface area contributed by atoms with Crippen molar-refractivity contribution >= 4 is 58.7 Å². The molecule has 0 saturated heterocycles. The Labute approximate surface area is 198 Å². The molecule has 0 fully saturated rings. The maximum Gasteiger partial charge on any atom is 0.143 e. The van der Waals surface area contributed by atoms with Gasteiger partial charge in [-0.3, -0.25) is 0 Å². The van der Waals surface area contributed by atoms with Crippen LogP contribution in [-0.2, 0) is 0 Å². The van der Waals surface area contributed by atoms with E-state index in [1.807, 2.05) is 96.3 Å². The lowest BCUT2D eigenvalue weighted by Crippen LogP contribution is -2.21. The van der Waals surface area contributed by atoms with Crippen molar-refractivity contribution in [2.75, 3.05) is 47.8 Å². The van der Waals surface area contributed by atoms with Crippen molar-refractivity contribution in [2.45, 2.75) is 0 Å². The fourth-order valence-electron chi connectivity index (χ4n) is 4.27. The lowest BCUT2D eigenvalue weighted by molar-refractivity contribution is 0.995. The second-order valence-electron chi connectivity index (χ2n) is 8.44. The van der Waals surface area contributed by atoms with E-state index in [4.69, 9.17) is 19.9 Å². The van der Waals surface area contributed by atoms with Gasteiger partial charge < -0.3 is 19.6 Å². The van der Waals surface area contributed by atoms with Gasteiger partial charge >= 0.3 is 0 Å². The zero-order valence-corrected chi connectivity index (χ0v) is 19.5. The molecule has 0 aromatic carbocycles. The van der Waals surface area contributed by atoms with Crippen molar-refractivity contribution in [3.05, 3.63) is 71.8 Å². The van der Waals surface area contributed by atoms with Gasteiger partial charge in [-0.05, 0) is 48.5 Å². The van der Waals surface area contributed by atoms with E-state index in [1.165, 1.54) is 0 Å². The minimum Gasteiger partial charge on any atom is -0.314 e. The fourth-order valence-corrected chi connectivity index (χ4v) is 4.27. The third-order valence-electron chi connectivity index (χ3n) is 6.36. The van der Waals surface area contributed by atoms with Crippen molar-refractivity contribution in [2.24, 2.45) is 0 Å². The molecule has 8 nitrogen and oxygen atoms in total. The molecular weight excluding hydrogens is 424 g/mol. The monoisotopic (exact) mass is 448 g/mol. The van der Waals surface area contributed by atoms with E-state index in [2.05, 4.69) is 24.3 Å². The normalized spacial score (nSPS) is 14.1. The van der Waals surface area contributed by atoms with Crippen molar-refractivity contribution in [3.8, 4) is 0 Å². The number of fused-ring (bicyclic) bond motifs is 2. The van der Waals surface area contributed by atoms with Gasteiger partial charge in [-0.25, -0.2) is 19.9 Å². The second-order valence-corrected chi connectivity index (χ2v) is 8.44. The van der Waals surface area contributed by atoms with Gasteiger partial charge in [-0.2, -0.15) is 0 Å². The molecule has 0 unspecified atom stereocenters. The van der Waals surface area contributed by atoms with E-state index in [-0.39, 0.29) is 0 Å². The van der Waals surface area contributed by atoms with Crippen molar-refractivity contribution in [1.82, 2.24) is 19.9 Å². The molecule has 0 N–H and O–H groups in total. The predicted molar refractivity (Wildman–Crippen MR) is 138 cm³/mol. The fraction of sp³-hybridized carbons (Fsp3) is 0.154. The van der Waals surface area contributed by atoms with E-state index < -0.39 is 0 Å². The van der Waals surface area contributed by atoms with Crippen LogP contribution in [0.25, 0.3) is 12.2 Å². The first-order valence-corrected chi connectivity index (χ1v) is 11.1. The summed E-state index contributed by atoms with van der Waals surface area (Å²) in [6, 6.07) is 20.2. The quantitative estimate of drug-likeness (QED) is 0.367. The molecular formula is C26H24N8. The SMILES string of the molecule is CN1c2cccc(n2)N(C)c2ccc3c(n2)N(C)c2cccc(n2)N(C)c2nc1ccc2C=C3. The Bertz CT molecular complexity index is 1350. The van der Waals surface area contributed by atoms with Gasteiger partial charge in [0.1, 0.15) is 46.5 Å². The van der Waals surface area contributed by atoms with E-state index in [0.29, 0.717) is 0 Å². The minimum absolute atomic E-state index is 0.794. The first kappa shape index (κ1) is 20.2. The second kappa shape index (κ2) is 7.55. The number of anilines is 8. The summed E-state index contributed by atoms with van der Waals surface area (Å²) in [6.45, 7) is 0. The van der Waals surface area contributed by atoms with Crippen LogP contribution in [-0.4, -0.2) is 48.1 Å². The molecule has 0 atom stereocenters. The molecule has 9 heterocycles. The van der Waals surface area contributed by atoms with Crippen molar-refractivity contribution in [3.63, 3.8) is 0 Å². The van der Waals surface area contributed by atoms with Crippen LogP contribution in [0.15, 0.2) is 60.7 Å². The molecule has 0 amide bonds. The number of hydrogen-bond acceptors (Lipinski definition) is 8. The smallest absolute Gasteiger partial charge is 0.143 e. The van der Waals surface area contributed by atoms with Crippen LogP contribution in [0, 0.1) is 0 Å². The highest BCUT2D eigenvalue weighted by Gasteiger charge is 2.21. The van der Waals surface area contributed by atoms with Gasteiger partial charge in [0.25, 0.3) is 0 Å². The first-order chi connectivity index (χ1) is 16.5. The summed E-state index contributed by atoms with van der Waals surface area (Å²) in [5.41, 5.74) is 1.97. The van der Waals surface area contributed by atoms with Crippen LogP contribution < -0.4 is 19.6 Å². The highest BCUT2D eigenvalue weighted by Crippen LogP contribution is 2.36. The summed E-state index contributed by atoms with van der Waals surface area (Å²) in [5, 5.41) is 0. The predicted octanol–water partition coefficient (Wildman–Crippen LogP) is 5.14. The molecule has 0 radical (unpaired) electrons. The Kier molecular flexibility index (Phi) is 4.48. The third-order valence-corrected chi connectivity index (χ3v) is 6.36. The molecule has 10 bridgehead atoms. The van der Waals surface area contributed by atoms with Crippen molar-refractivity contribution in [1.29, 1.82) is 0 Å². The molecule has 0 aliphatic carbocycles. The van der Waals surface area contributed by atoms with E-state index in [9.17, 15) is 0 Å². The number of rotatable bonds is 0. The van der Waals surface area contributed by atoms with Gasteiger partial charge in [0, 0.05) is 39.3 Å². The van der Waals surface area contributed by atoms with Gasteiger partial charge in [0.2, 0.25) is 0 Å². The molecule has 0 saturated carbocycles. The van der Waals surface area contributed by atoms with Crippen LogP contribution in [0.4, 0.5) is 46.5 Å². The minimum atomic E-state index is 0.794. The summed E-state index contributed by atoms with van der Waals surface area (Å²) < 4.78 is 0. The topological polar surface area (TPSA) is 64.5 Å². The molecule has 34 heavy (non-hydrogen) atoms. The maximum atomic E-state index is 5.05. The summed E-state index contributed by atoms with van der Waals surface area (Å²) >= 11 is 0. The Hall–Kier alpha value is -4.46. The summed E-state index contributed by atoms with van der Waals surface area (Å²) in [5.74, 6) is 6.40. The molecule has 4 aromatic heterocycles. The number of nitrogens with zero attached hydrogens (tertiary/aromatic N) is 8. The Balaban J connectivity index is 1.72. The highest BCUT2D eigenvalue weighted by atomic mass is 15.3. The zero-order valence-electron chi connectivity index (χ0n) is 19.5. The van der Waals surface area contributed by atoms with Crippen LogP contribution in [0.3, 0.4) is 0 Å². The van der Waals surface area contributed by atoms with Crippen molar-refractivity contribution < 1.29 is 0 Å². The maximum absolute atomic E-state index is 5.05. The van der Waals surface area contributed by atoms with E-state index >= 15 is 0 Å². The van der Waals surface area contributed by atoms with Crippen LogP contribution in [0.2, 0.25) is 0 Å². The molecule has 9 rings (SSSR count). The summed E-state index contributed by atoms with van der Waals surface area (Å²) in [7, 11) is 7.95. The van der Waals surface area contributed by atoms with Gasteiger partial charge in [0.05, 0.1) is 0 Å². The van der Waals surface area contributed by atoms with Gasteiger partial charge in [-0.15, -0.1) is 0 Å². The molecule has 168 valence electrons. The van der Waals surface area contributed by atoms with Crippen LogP contribution >= 0.6 is 0 Å². The Morgan fingerprint density at radius 2 is 0.765 bits per heavy atom. The van der Waals surface area contributed by atoms with Crippen LogP contribution in [0.5, 0.6) is 0 Å².